The predicted molar refractivity (Wildman–Crippen MR) is 89.6 cm³/mol. The largest absolute Gasteiger partial charge is 0.352 e. The molecular weight excluding hydrogens is 290 g/mol. The zero-order valence-corrected chi connectivity index (χ0v) is 14.6. The summed E-state index contributed by atoms with van der Waals surface area (Å²) in [5, 5.41) is 5.80. The second kappa shape index (κ2) is 5.99. The van der Waals surface area contributed by atoms with E-state index in [-0.39, 0.29) is 23.3 Å². The summed E-state index contributed by atoms with van der Waals surface area (Å²) >= 11 is 0. The van der Waals surface area contributed by atoms with E-state index in [1.807, 2.05) is 13.8 Å². The van der Waals surface area contributed by atoms with Gasteiger partial charge < -0.3 is 16.4 Å². The molecule has 3 amide bonds. The fraction of sp³-hybridized carbons (Fsp3) is 0.889. The number of amides is 3. The number of urea groups is 1. The molecule has 130 valence electrons. The number of hydrogen-bond acceptors (Lipinski definition) is 2. The average molecular weight is 321 g/mol. The zero-order valence-electron chi connectivity index (χ0n) is 14.6. The Bertz CT molecular complexity index is 453. The van der Waals surface area contributed by atoms with Gasteiger partial charge in [0.1, 0.15) is 6.04 Å². The minimum atomic E-state index is -0.638. The third-order valence-electron chi connectivity index (χ3n) is 6.61. The predicted octanol–water partition coefficient (Wildman–Crippen LogP) is 2.40. The van der Waals surface area contributed by atoms with Crippen molar-refractivity contribution in [1.29, 1.82) is 0 Å². The monoisotopic (exact) mass is 321 g/mol. The van der Waals surface area contributed by atoms with Crippen molar-refractivity contribution in [1.82, 2.24) is 10.6 Å². The molecule has 4 fully saturated rings. The van der Waals surface area contributed by atoms with E-state index in [0.29, 0.717) is 0 Å². The third kappa shape index (κ3) is 3.20. The number of carbonyl (C=O) groups is 2. The Hall–Kier alpha value is -1.26. The van der Waals surface area contributed by atoms with E-state index in [1.165, 1.54) is 38.5 Å². The molecule has 0 saturated heterocycles. The molecule has 4 aliphatic carbocycles. The lowest BCUT2D eigenvalue weighted by atomic mass is 9.48. The molecule has 0 heterocycles. The molecule has 0 aromatic heterocycles. The lowest BCUT2D eigenvalue weighted by Gasteiger charge is -2.59. The molecule has 0 aliphatic heterocycles. The Morgan fingerprint density at radius 2 is 1.43 bits per heavy atom. The van der Waals surface area contributed by atoms with Crippen LogP contribution in [0, 0.1) is 29.1 Å². The van der Waals surface area contributed by atoms with Crippen LogP contribution < -0.4 is 16.4 Å². The maximum absolute atomic E-state index is 12.6. The van der Waals surface area contributed by atoms with Gasteiger partial charge in [0.05, 0.1) is 0 Å². The number of primary amides is 1. The second-order valence-electron chi connectivity index (χ2n) is 8.74. The molecule has 4 saturated carbocycles. The highest BCUT2D eigenvalue weighted by Gasteiger charge is 2.53. The van der Waals surface area contributed by atoms with E-state index in [0.717, 1.165) is 17.8 Å². The van der Waals surface area contributed by atoms with Crippen molar-refractivity contribution < 1.29 is 9.59 Å². The first-order valence-electron chi connectivity index (χ1n) is 9.15. The van der Waals surface area contributed by atoms with Crippen LogP contribution in [0.5, 0.6) is 0 Å². The fourth-order valence-corrected chi connectivity index (χ4v) is 5.85. The Morgan fingerprint density at radius 1 is 0.957 bits per heavy atom. The standard InChI is InChI=1S/C18H31N3O2/c1-10(2)15(21-17(19)23)16(22)20-11(3)18-7-12-4-13(8-18)6-14(5-12)9-18/h10-15H,4-9H2,1-3H3,(H,20,22)(H3,19,21,23). The van der Waals surface area contributed by atoms with Crippen LogP contribution in [-0.2, 0) is 4.79 Å². The number of hydrogen-bond donors (Lipinski definition) is 3. The summed E-state index contributed by atoms with van der Waals surface area (Å²) in [4.78, 5) is 23.8. The molecule has 2 unspecified atom stereocenters. The van der Waals surface area contributed by atoms with Crippen molar-refractivity contribution in [3.63, 3.8) is 0 Å². The van der Waals surface area contributed by atoms with Gasteiger partial charge in [0.25, 0.3) is 0 Å². The quantitative estimate of drug-likeness (QED) is 0.726. The summed E-state index contributed by atoms with van der Waals surface area (Å²) in [5.41, 5.74) is 5.49. The van der Waals surface area contributed by atoms with E-state index < -0.39 is 12.1 Å². The number of rotatable bonds is 5. The van der Waals surface area contributed by atoms with Crippen LogP contribution in [0.2, 0.25) is 0 Å². The van der Waals surface area contributed by atoms with E-state index in [2.05, 4.69) is 17.6 Å². The minimum Gasteiger partial charge on any atom is -0.352 e. The Kier molecular flexibility index (Phi) is 4.32. The zero-order chi connectivity index (χ0) is 16.8. The maximum Gasteiger partial charge on any atom is 0.312 e. The summed E-state index contributed by atoms with van der Waals surface area (Å²) in [6, 6.07) is -1.02. The summed E-state index contributed by atoms with van der Waals surface area (Å²) in [6.07, 6.45) is 7.98. The molecule has 4 aliphatic rings. The molecule has 5 heteroatoms. The lowest BCUT2D eigenvalue weighted by molar-refractivity contribution is -0.128. The normalized spacial score (nSPS) is 37.5. The van der Waals surface area contributed by atoms with Crippen molar-refractivity contribution in [2.24, 2.45) is 34.8 Å². The molecule has 4 rings (SSSR count). The summed E-state index contributed by atoms with van der Waals surface area (Å²) in [6.45, 7) is 6.01. The number of nitrogens with two attached hydrogens (primary N) is 1. The van der Waals surface area contributed by atoms with Crippen molar-refractivity contribution in [3.8, 4) is 0 Å². The van der Waals surface area contributed by atoms with Gasteiger partial charge in [0, 0.05) is 6.04 Å². The Morgan fingerprint density at radius 3 is 1.83 bits per heavy atom. The summed E-state index contributed by atoms with van der Waals surface area (Å²) in [5.74, 6) is 2.52. The Balaban J connectivity index is 1.67. The van der Waals surface area contributed by atoms with E-state index >= 15 is 0 Å². The molecule has 4 N–H and O–H groups in total. The highest BCUT2D eigenvalue weighted by Crippen LogP contribution is 2.61. The van der Waals surface area contributed by atoms with Gasteiger partial charge in [-0.3, -0.25) is 4.79 Å². The highest BCUT2D eigenvalue weighted by molar-refractivity contribution is 5.87. The van der Waals surface area contributed by atoms with Gasteiger partial charge in [-0.15, -0.1) is 0 Å². The van der Waals surface area contributed by atoms with Gasteiger partial charge >= 0.3 is 6.03 Å². The first kappa shape index (κ1) is 16.6. The number of carbonyl (C=O) groups excluding carboxylic acids is 2. The van der Waals surface area contributed by atoms with Gasteiger partial charge in [-0.05, 0) is 74.5 Å². The fourth-order valence-electron chi connectivity index (χ4n) is 5.85. The molecule has 5 nitrogen and oxygen atoms in total. The van der Waals surface area contributed by atoms with Crippen molar-refractivity contribution in [2.45, 2.75) is 71.4 Å². The minimum absolute atomic E-state index is 0.0195. The summed E-state index contributed by atoms with van der Waals surface area (Å²) < 4.78 is 0. The first-order chi connectivity index (χ1) is 10.8. The first-order valence-corrected chi connectivity index (χ1v) is 9.15. The molecule has 2 atom stereocenters. The van der Waals surface area contributed by atoms with Gasteiger partial charge in [-0.1, -0.05) is 13.8 Å². The van der Waals surface area contributed by atoms with Crippen LogP contribution in [0.4, 0.5) is 4.79 Å². The molecule has 4 bridgehead atoms. The number of nitrogens with one attached hydrogen (secondary N) is 2. The molecule has 0 spiro atoms. The van der Waals surface area contributed by atoms with Gasteiger partial charge in [0.15, 0.2) is 0 Å². The smallest absolute Gasteiger partial charge is 0.312 e. The van der Waals surface area contributed by atoms with Crippen LogP contribution in [0.3, 0.4) is 0 Å². The van der Waals surface area contributed by atoms with Crippen LogP contribution in [0.25, 0.3) is 0 Å². The SMILES string of the molecule is CC(C)C(NC(N)=O)C(=O)NC(C)C12CC3CC(CC(C3)C1)C2. The van der Waals surface area contributed by atoms with Gasteiger partial charge in [0.2, 0.25) is 5.91 Å². The maximum atomic E-state index is 12.6. The molecular formula is C18H31N3O2. The molecule has 0 aromatic rings. The highest BCUT2D eigenvalue weighted by atomic mass is 16.2. The van der Waals surface area contributed by atoms with Crippen LogP contribution in [0.1, 0.15) is 59.3 Å². The van der Waals surface area contributed by atoms with Gasteiger partial charge in [-0.25, -0.2) is 4.79 Å². The van der Waals surface area contributed by atoms with Crippen LogP contribution >= 0.6 is 0 Å². The third-order valence-corrected chi connectivity index (χ3v) is 6.61. The van der Waals surface area contributed by atoms with Crippen molar-refractivity contribution >= 4 is 11.9 Å². The second-order valence-corrected chi connectivity index (χ2v) is 8.74. The van der Waals surface area contributed by atoms with Gasteiger partial charge in [-0.2, -0.15) is 0 Å². The molecule has 23 heavy (non-hydrogen) atoms. The van der Waals surface area contributed by atoms with Crippen molar-refractivity contribution in [2.75, 3.05) is 0 Å². The van der Waals surface area contributed by atoms with Crippen LogP contribution in [-0.4, -0.2) is 24.0 Å². The topological polar surface area (TPSA) is 84.2 Å². The average Bonchev–Trinajstić information content (AvgIpc) is 2.42. The summed E-state index contributed by atoms with van der Waals surface area (Å²) in [7, 11) is 0. The molecule has 0 aromatic carbocycles. The Labute approximate surface area is 139 Å². The van der Waals surface area contributed by atoms with E-state index in [4.69, 9.17) is 5.73 Å². The molecule has 0 radical (unpaired) electrons. The van der Waals surface area contributed by atoms with E-state index in [1.54, 1.807) is 0 Å². The van der Waals surface area contributed by atoms with Crippen LogP contribution in [0.15, 0.2) is 0 Å². The van der Waals surface area contributed by atoms with E-state index in [9.17, 15) is 9.59 Å². The lowest BCUT2D eigenvalue weighted by Crippen LogP contribution is -2.59. The van der Waals surface area contributed by atoms with Crippen molar-refractivity contribution in [3.05, 3.63) is 0 Å².